The van der Waals surface area contributed by atoms with Crippen molar-refractivity contribution in [3.8, 4) is 0 Å². The minimum Gasteiger partial charge on any atom is -0.396 e. The average Bonchev–Trinajstić information content (AvgIpc) is 2.92. The van der Waals surface area contributed by atoms with Crippen molar-refractivity contribution in [2.45, 2.75) is 56.8 Å². The summed E-state index contributed by atoms with van der Waals surface area (Å²) in [6.45, 7) is 2.57. The number of nitrogens with two attached hydrogens (primary N) is 2. The second kappa shape index (κ2) is 12.5. The number of carbonyl (C=O) groups excluding carboxylic acids is 2. The molecular weight excluding hydrogens is 483 g/mol. The van der Waals surface area contributed by atoms with Crippen LogP contribution in [-0.2, 0) is 22.4 Å². The molecule has 4 rings (SSSR count). The van der Waals surface area contributed by atoms with Crippen LogP contribution in [0.2, 0.25) is 0 Å². The number of carbonyl (C=O) groups is 2. The molecule has 38 heavy (non-hydrogen) atoms. The number of aliphatic hydroxyl groups is 1. The highest BCUT2D eigenvalue weighted by Gasteiger charge is 2.39. The van der Waals surface area contributed by atoms with E-state index in [1.165, 1.54) is 12.1 Å². The van der Waals surface area contributed by atoms with Crippen LogP contribution in [0.5, 0.6) is 0 Å². The Morgan fingerprint density at radius 3 is 2.18 bits per heavy atom. The SMILES string of the molecule is C[C@@H]1CN(C(=O)[C@H](N)Cc2ccc(F)cc2)[C@@H](CCCO)CN1C(=O)[C@@H](N)Cc1ccc2ccccc2c1. The lowest BCUT2D eigenvalue weighted by Gasteiger charge is -2.46. The van der Waals surface area contributed by atoms with Crippen molar-refractivity contribution in [3.05, 3.63) is 83.7 Å². The molecule has 5 N–H and O–H groups in total. The third kappa shape index (κ3) is 6.56. The third-order valence-corrected chi connectivity index (χ3v) is 7.38. The molecule has 0 radical (unpaired) electrons. The zero-order chi connectivity index (χ0) is 27.2. The Kier molecular flexibility index (Phi) is 9.09. The number of amides is 2. The summed E-state index contributed by atoms with van der Waals surface area (Å²) in [5, 5.41) is 11.7. The van der Waals surface area contributed by atoms with Gasteiger partial charge in [-0.05, 0) is 66.6 Å². The quantitative estimate of drug-likeness (QED) is 0.402. The van der Waals surface area contributed by atoms with Crippen molar-refractivity contribution in [3.63, 3.8) is 0 Å². The van der Waals surface area contributed by atoms with Crippen molar-refractivity contribution < 1.29 is 19.1 Å². The molecule has 0 aliphatic carbocycles. The van der Waals surface area contributed by atoms with Gasteiger partial charge in [-0.2, -0.15) is 0 Å². The molecule has 1 heterocycles. The van der Waals surface area contributed by atoms with Gasteiger partial charge < -0.3 is 26.4 Å². The molecule has 1 aliphatic heterocycles. The first-order chi connectivity index (χ1) is 18.3. The van der Waals surface area contributed by atoms with Gasteiger partial charge in [-0.3, -0.25) is 9.59 Å². The number of halogens is 1. The smallest absolute Gasteiger partial charge is 0.240 e. The van der Waals surface area contributed by atoms with Gasteiger partial charge >= 0.3 is 0 Å². The molecule has 1 saturated heterocycles. The predicted octanol–water partition coefficient (Wildman–Crippen LogP) is 2.62. The summed E-state index contributed by atoms with van der Waals surface area (Å²) in [6.07, 6.45) is 1.75. The molecule has 0 aromatic heterocycles. The number of hydrogen-bond donors (Lipinski definition) is 3. The average molecular weight is 521 g/mol. The van der Waals surface area contributed by atoms with Gasteiger partial charge in [0.25, 0.3) is 0 Å². The van der Waals surface area contributed by atoms with Crippen molar-refractivity contribution in [1.82, 2.24) is 9.80 Å². The minimum absolute atomic E-state index is 0.00879. The lowest BCUT2D eigenvalue weighted by molar-refractivity contribution is -0.148. The summed E-state index contributed by atoms with van der Waals surface area (Å²) in [5.41, 5.74) is 14.5. The fourth-order valence-electron chi connectivity index (χ4n) is 5.28. The molecule has 0 spiro atoms. The van der Waals surface area contributed by atoms with Crippen LogP contribution in [0.25, 0.3) is 10.8 Å². The first-order valence-electron chi connectivity index (χ1n) is 13.2. The zero-order valence-corrected chi connectivity index (χ0v) is 21.8. The molecule has 2 amide bonds. The first kappa shape index (κ1) is 27.7. The molecule has 0 unspecified atom stereocenters. The van der Waals surface area contributed by atoms with Crippen LogP contribution in [0, 0.1) is 5.82 Å². The van der Waals surface area contributed by atoms with Gasteiger partial charge in [-0.15, -0.1) is 0 Å². The fourth-order valence-corrected chi connectivity index (χ4v) is 5.28. The van der Waals surface area contributed by atoms with Crippen molar-refractivity contribution in [2.24, 2.45) is 11.5 Å². The first-order valence-corrected chi connectivity index (χ1v) is 13.2. The topological polar surface area (TPSA) is 113 Å². The van der Waals surface area contributed by atoms with Crippen LogP contribution in [0.15, 0.2) is 66.7 Å². The highest BCUT2D eigenvalue weighted by Crippen LogP contribution is 2.23. The molecule has 1 fully saturated rings. The molecule has 8 heteroatoms. The summed E-state index contributed by atoms with van der Waals surface area (Å²) >= 11 is 0. The summed E-state index contributed by atoms with van der Waals surface area (Å²) in [5.74, 6) is -0.704. The van der Waals surface area contributed by atoms with E-state index in [4.69, 9.17) is 11.5 Å². The van der Waals surface area contributed by atoms with Crippen LogP contribution in [-0.4, -0.2) is 70.6 Å². The van der Waals surface area contributed by atoms with E-state index >= 15 is 0 Å². The second-order valence-corrected chi connectivity index (χ2v) is 10.3. The van der Waals surface area contributed by atoms with Gasteiger partial charge in [0.1, 0.15) is 5.82 Å². The van der Waals surface area contributed by atoms with Gasteiger partial charge in [0.2, 0.25) is 11.8 Å². The molecular formula is C30H37FN4O3. The van der Waals surface area contributed by atoms with Crippen molar-refractivity contribution in [1.29, 1.82) is 0 Å². The summed E-state index contributed by atoms with van der Waals surface area (Å²) in [4.78, 5) is 30.4. The summed E-state index contributed by atoms with van der Waals surface area (Å²) < 4.78 is 13.3. The Morgan fingerprint density at radius 2 is 1.50 bits per heavy atom. The molecule has 4 atom stereocenters. The third-order valence-electron chi connectivity index (χ3n) is 7.38. The molecule has 7 nitrogen and oxygen atoms in total. The Bertz CT molecular complexity index is 1250. The van der Waals surface area contributed by atoms with Crippen LogP contribution >= 0.6 is 0 Å². The molecule has 1 aliphatic rings. The molecule has 202 valence electrons. The van der Waals surface area contributed by atoms with Crippen molar-refractivity contribution >= 4 is 22.6 Å². The fraction of sp³-hybridized carbons (Fsp3) is 0.400. The van der Waals surface area contributed by atoms with Gasteiger partial charge in [0.05, 0.1) is 12.1 Å². The molecule has 3 aromatic carbocycles. The van der Waals surface area contributed by atoms with Gasteiger partial charge in [0.15, 0.2) is 0 Å². The van der Waals surface area contributed by atoms with Gasteiger partial charge in [-0.25, -0.2) is 4.39 Å². The number of piperazine rings is 1. The van der Waals surface area contributed by atoms with E-state index in [0.717, 1.165) is 21.9 Å². The Hall–Kier alpha value is -3.33. The number of nitrogens with zero attached hydrogens (tertiary/aromatic N) is 2. The minimum atomic E-state index is -0.790. The van der Waals surface area contributed by atoms with E-state index in [9.17, 15) is 19.1 Å². The zero-order valence-electron chi connectivity index (χ0n) is 21.8. The predicted molar refractivity (Wildman–Crippen MR) is 147 cm³/mol. The van der Waals surface area contributed by atoms with E-state index in [2.05, 4.69) is 6.07 Å². The van der Waals surface area contributed by atoms with E-state index in [1.807, 2.05) is 43.3 Å². The lowest BCUT2D eigenvalue weighted by Crippen LogP contribution is -2.64. The van der Waals surface area contributed by atoms with E-state index in [-0.39, 0.29) is 42.7 Å². The number of rotatable bonds is 9. The normalized spacial score (nSPS) is 19.4. The van der Waals surface area contributed by atoms with Crippen LogP contribution < -0.4 is 11.5 Å². The summed E-state index contributed by atoms with van der Waals surface area (Å²) in [6, 6.07) is 18.1. The Balaban J connectivity index is 1.44. The van der Waals surface area contributed by atoms with E-state index < -0.39 is 12.1 Å². The highest BCUT2D eigenvalue weighted by molar-refractivity contribution is 5.86. The van der Waals surface area contributed by atoms with Gasteiger partial charge in [-0.1, -0.05) is 54.6 Å². The monoisotopic (exact) mass is 520 g/mol. The standard InChI is InChI=1S/C30H37FN4O3/c1-20-18-35(30(38)27(32)16-21-9-12-25(31)13-10-21)26(7-4-14-36)19-34(20)29(37)28(33)17-22-8-11-23-5-2-3-6-24(23)15-22/h2-3,5-6,8-13,15,20,26-28,36H,4,7,14,16-19,32-33H2,1H3/t20-,26+,27-,28+/m1/s1. The Morgan fingerprint density at radius 1 is 0.895 bits per heavy atom. The maximum absolute atomic E-state index is 13.5. The highest BCUT2D eigenvalue weighted by atomic mass is 19.1. The van der Waals surface area contributed by atoms with E-state index in [1.54, 1.807) is 21.9 Å². The lowest BCUT2D eigenvalue weighted by atomic mass is 9.97. The summed E-state index contributed by atoms with van der Waals surface area (Å²) in [7, 11) is 0. The number of aliphatic hydroxyl groups excluding tert-OH is 1. The van der Waals surface area contributed by atoms with Crippen LogP contribution in [0.1, 0.15) is 30.9 Å². The molecule has 0 saturated carbocycles. The van der Waals surface area contributed by atoms with Gasteiger partial charge in [0, 0.05) is 31.8 Å². The van der Waals surface area contributed by atoms with E-state index in [0.29, 0.717) is 32.4 Å². The van der Waals surface area contributed by atoms with Crippen LogP contribution in [0.3, 0.4) is 0 Å². The number of benzene rings is 3. The largest absolute Gasteiger partial charge is 0.396 e. The number of hydrogen-bond acceptors (Lipinski definition) is 5. The Labute approximate surface area is 223 Å². The molecule has 0 bridgehead atoms. The maximum atomic E-state index is 13.5. The van der Waals surface area contributed by atoms with Crippen LogP contribution in [0.4, 0.5) is 4.39 Å². The number of fused-ring (bicyclic) bond motifs is 1. The maximum Gasteiger partial charge on any atom is 0.240 e. The van der Waals surface area contributed by atoms with Crippen molar-refractivity contribution in [2.75, 3.05) is 19.7 Å². The second-order valence-electron chi connectivity index (χ2n) is 10.3. The molecule has 3 aromatic rings.